The molecule has 0 radical (unpaired) electrons. The number of hydrogen-bond acceptors (Lipinski definition) is 4. The van der Waals surface area contributed by atoms with Gasteiger partial charge in [0, 0.05) is 17.9 Å². The van der Waals surface area contributed by atoms with Gasteiger partial charge in [-0.05, 0) is 6.08 Å². The molecule has 13 heavy (non-hydrogen) atoms. The first kappa shape index (κ1) is 9.37. The van der Waals surface area contributed by atoms with Crippen molar-refractivity contribution in [3.05, 3.63) is 11.8 Å². The van der Waals surface area contributed by atoms with Gasteiger partial charge >= 0.3 is 0 Å². The van der Waals surface area contributed by atoms with Crippen molar-refractivity contribution in [2.45, 2.75) is 18.6 Å². The van der Waals surface area contributed by atoms with Gasteiger partial charge in [0.15, 0.2) is 0 Å². The van der Waals surface area contributed by atoms with Crippen molar-refractivity contribution in [2.24, 2.45) is 0 Å². The Kier molecular flexibility index (Phi) is 3.14. The van der Waals surface area contributed by atoms with Gasteiger partial charge in [0.25, 0.3) is 0 Å². The first-order valence-corrected chi connectivity index (χ1v) is 5.73. The van der Waals surface area contributed by atoms with E-state index in [1.54, 1.807) is 0 Å². The lowest BCUT2D eigenvalue weighted by atomic mass is 10.2. The molecule has 2 atom stereocenters. The van der Waals surface area contributed by atoms with Crippen LogP contribution in [0.5, 0.6) is 0 Å². The largest absolute Gasteiger partial charge is 0.495 e. The van der Waals surface area contributed by atoms with E-state index in [-0.39, 0.29) is 6.10 Å². The smallest absolute Gasteiger partial charge is 0.137 e. The Morgan fingerprint density at radius 3 is 3.08 bits per heavy atom. The van der Waals surface area contributed by atoms with Crippen molar-refractivity contribution in [3.63, 3.8) is 0 Å². The lowest BCUT2D eigenvalue weighted by Crippen LogP contribution is -2.36. The second-order valence-electron chi connectivity index (χ2n) is 3.17. The molecule has 0 spiro atoms. The highest BCUT2D eigenvalue weighted by Crippen LogP contribution is 2.22. The summed E-state index contributed by atoms with van der Waals surface area (Å²) in [5.41, 5.74) is 0. The maximum absolute atomic E-state index is 9.84. The third-order valence-electron chi connectivity index (χ3n) is 2.22. The molecule has 0 aromatic heterocycles. The molecular weight excluding hydrogens is 188 g/mol. The highest BCUT2D eigenvalue weighted by atomic mass is 32.2. The number of hydrogen-bond donors (Lipinski definition) is 1. The highest BCUT2D eigenvalue weighted by molar-refractivity contribution is 7.99. The van der Waals surface area contributed by atoms with Crippen molar-refractivity contribution in [2.75, 3.05) is 24.7 Å². The van der Waals surface area contributed by atoms with Crippen LogP contribution >= 0.6 is 11.8 Å². The Bertz CT molecular complexity index is 199. The summed E-state index contributed by atoms with van der Waals surface area (Å²) in [5.74, 6) is 2.60. The van der Waals surface area contributed by atoms with Crippen LogP contribution in [0.2, 0.25) is 0 Å². The van der Waals surface area contributed by atoms with Gasteiger partial charge in [-0.2, -0.15) is 11.8 Å². The maximum atomic E-state index is 9.84. The standard InChI is InChI=1S/C9H14O3S/c10-9(7-2-1-3-11-7)8-6-13-5-4-12-8/h2,8-10H,1,3-6H2. The van der Waals surface area contributed by atoms with Crippen molar-refractivity contribution in [1.82, 2.24) is 0 Å². The minimum atomic E-state index is -0.560. The molecule has 0 saturated carbocycles. The molecule has 74 valence electrons. The van der Waals surface area contributed by atoms with Gasteiger partial charge in [-0.25, -0.2) is 0 Å². The number of aliphatic hydroxyl groups excluding tert-OH is 1. The van der Waals surface area contributed by atoms with Crippen LogP contribution in [0.4, 0.5) is 0 Å². The molecule has 1 fully saturated rings. The Balaban J connectivity index is 1.90. The van der Waals surface area contributed by atoms with E-state index in [1.807, 2.05) is 17.8 Å². The summed E-state index contributed by atoms with van der Waals surface area (Å²) >= 11 is 1.82. The SMILES string of the molecule is OC(C1=CCCO1)C1CSCCO1. The van der Waals surface area contributed by atoms with Crippen LogP contribution in [-0.2, 0) is 9.47 Å². The fourth-order valence-corrected chi connectivity index (χ4v) is 2.41. The monoisotopic (exact) mass is 202 g/mol. The van der Waals surface area contributed by atoms with E-state index >= 15 is 0 Å². The first-order chi connectivity index (χ1) is 6.38. The van der Waals surface area contributed by atoms with E-state index in [2.05, 4.69) is 0 Å². The maximum Gasteiger partial charge on any atom is 0.137 e. The molecule has 2 rings (SSSR count). The van der Waals surface area contributed by atoms with Gasteiger partial charge in [0.2, 0.25) is 0 Å². The van der Waals surface area contributed by atoms with Gasteiger partial charge in [0.1, 0.15) is 11.9 Å². The summed E-state index contributed by atoms with van der Waals surface area (Å²) in [4.78, 5) is 0. The quantitative estimate of drug-likeness (QED) is 0.718. The zero-order chi connectivity index (χ0) is 9.10. The van der Waals surface area contributed by atoms with Crippen LogP contribution < -0.4 is 0 Å². The zero-order valence-corrected chi connectivity index (χ0v) is 8.26. The predicted molar refractivity (Wildman–Crippen MR) is 51.7 cm³/mol. The van der Waals surface area contributed by atoms with Crippen LogP contribution in [0, 0.1) is 0 Å². The van der Waals surface area contributed by atoms with E-state index in [1.165, 1.54) is 0 Å². The van der Waals surface area contributed by atoms with Crippen molar-refractivity contribution in [3.8, 4) is 0 Å². The van der Waals surface area contributed by atoms with E-state index in [4.69, 9.17) is 9.47 Å². The lowest BCUT2D eigenvalue weighted by Gasteiger charge is -2.26. The highest BCUT2D eigenvalue weighted by Gasteiger charge is 2.28. The Morgan fingerprint density at radius 1 is 1.54 bits per heavy atom. The van der Waals surface area contributed by atoms with Gasteiger partial charge in [-0.1, -0.05) is 0 Å². The van der Waals surface area contributed by atoms with E-state index < -0.39 is 6.10 Å². The summed E-state index contributed by atoms with van der Waals surface area (Å²) < 4.78 is 10.8. The van der Waals surface area contributed by atoms with Gasteiger partial charge in [-0.15, -0.1) is 0 Å². The van der Waals surface area contributed by atoms with Crippen molar-refractivity contribution in [1.29, 1.82) is 0 Å². The molecule has 1 saturated heterocycles. The molecule has 2 aliphatic rings. The predicted octanol–water partition coefficient (Wildman–Crippen LogP) is 0.783. The number of thioether (sulfide) groups is 1. The molecule has 1 N–H and O–H groups in total. The van der Waals surface area contributed by atoms with Gasteiger partial charge in [0.05, 0.1) is 19.3 Å². The van der Waals surface area contributed by atoms with Gasteiger partial charge in [-0.3, -0.25) is 0 Å². The van der Waals surface area contributed by atoms with Crippen molar-refractivity contribution < 1.29 is 14.6 Å². The summed E-state index contributed by atoms with van der Waals surface area (Å²) in [6.07, 6.45) is 2.22. The summed E-state index contributed by atoms with van der Waals surface area (Å²) in [6.45, 7) is 1.44. The fourth-order valence-electron chi connectivity index (χ4n) is 1.51. The van der Waals surface area contributed by atoms with E-state index in [9.17, 15) is 5.11 Å². The second kappa shape index (κ2) is 4.35. The molecule has 0 aromatic carbocycles. The van der Waals surface area contributed by atoms with Crippen LogP contribution in [0.15, 0.2) is 11.8 Å². The Morgan fingerprint density at radius 2 is 2.46 bits per heavy atom. The van der Waals surface area contributed by atoms with E-state index in [0.717, 1.165) is 24.5 Å². The first-order valence-electron chi connectivity index (χ1n) is 4.58. The van der Waals surface area contributed by atoms with Gasteiger partial charge < -0.3 is 14.6 Å². The summed E-state index contributed by atoms with van der Waals surface area (Å²) in [6, 6.07) is 0. The lowest BCUT2D eigenvalue weighted by molar-refractivity contribution is -0.0261. The molecular formula is C9H14O3S. The third-order valence-corrected chi connectivity index (χ3v) is 3.24. The second-order valence-corrected chi connectivity index (χ2v) is 4.32. The Hall–Kier alpha value is -0.190. The summed E-state index contributed by atoms with van der Waals surface area (Å²) in [7, 11) is 0. The Labute approximate surface area is 82.1 Å². The molecule has 0 aromatic rings. The number of ether oxygens (including phenoxy) is 2. The molecule has 2 unspecified atom stereocenters. The molecule has 2 heterocycles. The zero-order valence-electron chi connectivity index (χ0n) is 7.44. The van der Waals surface area contributed by atoms with Crippen LogP contribution in [0.3, 0.4) is 0 Å². The summed E-state index contributed by atoms with van der Waals surface area (Å²) in [5, 5.41) is 9.84. The fraction of sp³-hybridized carbons (Fsp3) is 0.778. The molecule has 0 aliphatic carbocycles. The molecule has 0 bridgehead atoms. The molecule has 3 nitrogen and oxygen atoms in total. The van der Waals surface area contributed by atoms with Crippen LogP contribution in [0.25, 0.3) is 0 Å². The normalized spacial score (nSPS) is 30.8. The van der Waals surface area contributed by atoms with E-state index in [0.29, 0.717) is 12.4 Å². The molecule has 0 amide bonds. The third kappa shape index (κ3) is 2.18. The minimum absolute atomic E-state index is 0.0805. The van der Waals surface area contributed by atoms with Crippen LogP contribution in [-0.4, -0.2) is 42.0 Å². The van der Waals surface area contributed by atoms with Crippen molar-refractivity contribution >= 4 is 11.8 Å². The number of aliphatic hydroxyl groups is 1. The minimum Gasteiger partial charge on any atom is -0.495 e. The topological polar surface area (TPSA) is 38.7 Å². The molecule has 4 heteroatoms. The average molecular weight is 202 g/mol. The molecule has 2 aliphatic heterocycles. The number of rotatable bonds is 2. The van der Waals surface area contributed by atoms with Crippen LogP contribution in [0.1, 0.15) is 6.42 Å². The average Bonchev–Trinajstić information content (AvgIpc) is 2.71.